The molecule has 1 aliphatic rings. The molecule has 1 aromatic carbocycles. The molecule has 0 amide bonds. The van der Waals surface area contributed by atoms with Gasteiger partial charge in [0.05, 0.1) is 12.2 Å². The Morgan fingerprint density at radius 3 is 2.47 bits per heavy atom. The molecular formula is C15H21NO3. The summed E-state index contributed by atoms with van der Waals surface area (Å²) >= 11 is 0. The highest BCUT2D eigenvalue weighted by Gasteiger charge is 2.40. The SMILES string of the molecule is CC(C)C1NC(C(=O)O)C(C)OC1c1ccccc1. The summed E-state index contributed by atoms with van der Waals surface area (Å²) in [5.74, 6) is -0.566. The van der Waals surface area contributed by atoms with Gasteiger partial charge in [-0.2, -0.15) is 0 Å². The van der Waals surface area contributed by atoms with Gasteiger partial charge in [0.25, 0.3) is 0 Å². The van der Waals surface area contributed by atoms with Crippen molar-refractivity contribution in [3.05, 3.63) is 35.9 Å². The van der Waals surface area contributed by atoms with Crippen LogP contribution in [0.2, 0.25) is 0 Å². The van der Waals surface area contributed by atoms with Gasteiger partial charge in [-0.15, -0.1) is 0 Å². The number of benzene rings is 1. The molecule has 0 bridgehead atoms. The highest BCUT2D eigenvalue weighted by molar-refractivity contribution is 5.74. The van der Waals surface area contributed by atoms with Crippen molar-refractivity contribution < 1.29 is 14.6 Å². The minimum Gasteiger partial charge on any atom is -0.480 e. The summed E-state index contributed by atoms with van der Waals surface area (Å²) in [4.78, 5) is 11.2. The number of hydrogen-bond acceptors (Lipinski definition) is 3. The summed E-state index contributed by atoms with van der Waals surface area (Å²) in [6.45, 7) is 5.95. The van der Waals surface area contributed by atoms with E-state index in [0.717, 1.165) is 5.56 Å². The molecule has 4 nitrogen and oxygen atoms in total. The maximum absolute atomic E-state index is 11.2. The van der Waals surface area contributed by atoms with Crippen molar-refractivity contribution in [2.24, 2.45) is 5.92 Å². The van der Waals surface area contributed by atoms with Crippen molar-refractivity contribution in [3.63, 3.8) is 0 Å². The zero-order valence-electron chi connectivity index (χ0n) is 11.5. The van der Waals surface area contributed by atoms with Crippen LogP contribution in [0.4, 0.5) is 0 Å². The third kappa shape index (κ3) is 2.96. The van der Waals surface area contributed by atoms with E-state index in [9.17, 15) is 9.90 Å². The first-order valence-corrected chi connectivity index (χ1v) is 6.70. The number of carbonyl (C=O) groups is 1. The van der Waals surface area contributed by atoms with Gasteiger partial charge in [-0.3, -0.25) is 10.1 Å². The maximum Gasteiger partial charge on any atom is 0.323 e. The summed E-state index contributed by atoms with van der Waals surface area (Å²) in [5, 5.41) is 12.4. The lowest BCUT2D eigenvalue weighted by Crippen LogP contribution is -2.59. The Kier molecular flexibility index (Phi) is 4.22. The van der Waals surface area contributed by atoms with Crippen LogP contribution >= 0.6 is 0 Å². The highest BCUT2D eigenvalue weighted by Crippen LogP contribution is 2.31. The van der Waals surface area contributed by atoms with Crippen LogP contribution in [0.15, 0.2) is 30.3 Å². The predicted molar refractivity (Wildman–Crippen MR) is 72.9 cm³/mol. The standard InChI is InChI=1S/C15H21NO3/c1-9(2)12-14(11-7-5-4-6-8-11)19-10(3)13(16-12)15(17)18/h4-10,12-14,16H,1-3H3,(H,17,18). The molecule has 1 saturated heterocycles. The number of morpholine rings is 1. The third-order valence-corrected chi connectivity index (χ3v) is 3.64. The molecule has 4 heteroatoms. The van der Waals surface area contributed by atoms with Gasteiger partial charge in [0.2, 0.25) is 0 Å². The van der Waals surface area contributed by atoms with E-state index in [2.05, 4.69) is 19.2 Å². The topological polar surface area (TPSA) is 58.6 Å². The molecule has 19 heavy (non-hydrogen) atoms. The monoisotopic (exact) mass is 263 g/mol. The predicted octanol–water partition coefficient (Wildman–Crippen LogP) is 2.21. The van der Waals surface area contributed by atoms with Gasteiger partial charge in [-0.1, -0.05) is 44.2 Å². The molecule has 4 atom stereocenters. The van der Waals surface area contributed by atoms with E-state index in [4.69, 9.17) is 4.74 Å². The molecule has 0 saturated carbocycles. The Morgan fingerprint density at radius 2 is 1.95 bits per heavy atom. The lowest BCUT2D eigenvalue weighted by molar-refractivity contribution is -0.154. The quantitative estimate of drug-likeness (QED) is 0.878. The van der Waals surface area contributed by atoms with E-state index in [1.54, 1.807) is 6.92 Å². The fraction of sp³-hybridized carbons (Fsp3) is 0.533. The first kappa shape index (κ1) is 14.0. The average molecular weight is 263 g/mol. The summed E-state index contributed by atoms with van der Waals surface area (Å²) in [5.41, 5.74) is 1.09. The van der Waals surface area contributed by atoms with Crippen molar-refractivity contribution in [2.75, 3.05) is 0 Å². The van der Waals surface area contributed by atoms with E-state index in [1.807, 2.05) is 30.3 Å². The number of ether oxygens (including phenoxy) is 1. The number of rotatable bonds is 3. The van der Waals surface area contributed by atoms with Crippen molar-refractivity contribution in [1.82, 2.24) is 5.32 Å². The van der Waals surface area contributed by atoms with Crippen LogP contribution < -0.4 is 5.32 Å². The fourth-order valence-electron chi connectivity index (χ4n) is 2.57. The molecule has 0 aromatic heterocycles. The normalized spacial score (nSPS) is 31.4. The number of nitrogens with one attached hydrogen (secondary N) is 1. The highest BCUT2D eigenvalue weighted by atomic mass is 16.5. The van der Waals surface area contributed by atoms with E-state index < -0.39 is 12.0 Å². The molecule has 0 radical (unpaired) electrons. The van der Waals surface area contributed by atoms with Gasteiger partial charge in [-0.25, -0.2) is 0 Å². The van der Waals surface area contributed by atoms with E-state index >= 15 is 0 Å². The van der Waals surface area contributed by atoms with Gasteiger partial charge in [0.1, 0.15) is 6.04 Å². The number of carboxylic acid groups (broad SMARTS) is 1. The summed E-state index contributed by atoms with van der Waals surface area (Å²) in [6, 6.07) is 9.32. The second kappa shape index (κ2) is 5.72. The maximum atomic E-state index is 11.2. The lowest BCUT2D eigenvalue weighted by Gasteiger charge is -2.42. The second-order valence-electron chi connectivity index (χ2n) is 5.42. The van der Waals surface area contributed by atoms with Crippen LogP contribution in [0.5, 0.6) is 0 Å². The van der Waals surface area contributed by atoms with Crippen molar-refractivity contribution in [3.8, 4) is 0 Å². The van der Waals surface area contributed by atoms with Crippen LogP contribution in [-0.4, -0.2) is 29.3 Å². The Morgan fingerprint density at radius 1 is 1.32 bits per heavy atom. The summed E-state index contributed by atoms with van der Waals surface area (Å²) in [6.07, 6.45) is -0.454. The minimum atomic E-state index is -0.857. The fourth-order valence-corrected chi connectivity index (χ4v) is 2.57. The average Bonchev–Trinajstić information content (AvgIpc) is 2.38. The zero-order valence-corrected chi connectivity index (χ0v) is 11.5. The zero-order chi connectivity index (χ0) is 14.0. The Hall–Kier alpha value is -1.39. The van der Waals surface area contributed by atoms with Gasteiger partial charge in [-0.05, 0) is 18.4 Å². The van der Waals surface area contributed by atoms with E-state index in [1.165, 1.54) is 0 Å². The Bertz CT molecular complexity index is 432. The first-order chi connectivity index (χ1) is 9.00. The minimum absolute atomic E-state index is 0.000278. The summed E-state index contributed by atoms with van der Waals surface area (Å²) < 4.78 is 5.98. The Labute approximate surface area is 113 Å². The molecule has 1 aliphatic heterocycles. The van der Waals surface area contributed by atoms with Crippen molar-refractivity contribution in [1.29, 1.82) is 0 Å². The molecule has 1 heterocycles. The van der Waals surface area contributed by atoms with E-state index in [0.29, 0.717) is 5.92 Å². The van der Waals surface area contributed by atoms with Crippen LogP contribution in [0.1, 0.15) is 32.4 Å². The molecule has 1 aromatic rings. The second-order valence-corrected chi connectivity index (χ2v) is 5.42. The molecule has 2 rings (SSSR count). The number of hydrogen-bond donors (Lipinski definition) is 2. The largest absolute Gasteiger partial charge is 0.480 e. The molecule has 0 spiro atoms. The lowest BCUT2D eigenvalue weighted by atomic mass is 9.89. The number of aliphatic carboxylic acids is 1. The van der Waals surface area contributed by atoms with Crippen LogP contribution in [0, 0.1) is 5.92 Å². The van der Waals surface area contributed by atoms with Crippen LogP contribution in [0.3, 0.4) is 0 Å². The number of carboxylic acids is 1. The third-order valence-electron chi connectivity index (χ3n) is 3.64. The van der Waals surface area contributed by atoms with Crippen LogP contribution in [0.25, 0.3) is 0 Å². The van der Waals surface area contributed by atoms with Crippen molar-refractivity contribution >= 4 is 5.97 Å². The van der Waals surface area contributed by atoms with Gasteiger partial charge < -0.3 is 9.84 Å². The molecular weight excluding hydrogens is 242 g/mol. The van der Waals surface area contributed by atoms with Gasteiger partial charge in [0.15, 0.2) is 0 Å². The molecule has 2 N–H and O–H groups in total. The first-order valence-electron chi connectivity index (χ1n) is 6.70. The van der Waals surface area contributed by atoms with Gasteiger partial charge in [0, 0.05) is 6.04 Å². The van der Waals surface area contributed by atoms with Crippen molar-refractivity contribution in [2.45, 2.75) is 45.1 Å². The molecule has 0 aliphatic carbocycles. The molecule has 104 valence electrons. The Balaban J connectivity index is 2.26. The molecule has 4 unspecified atom stereocenters. The van der Waals surface area contributed by atoms with Gasteiger partial charge >= 0.3 is 5.97 Å². The smallest absolute Gasteiger partial charge is 0.323 e. The van der Waals surface area contributed by atoms with Crippen LogP contribution in [-0.2, 0) is 9.53 Å². The summed E-state index contributed by atoms with van der Waals surface area (Å²) in [7, 11) is 0. The molecule has 1 fully saturated rings. The van der Waals surface area contributed by atoms with E-state index in [-0.39, 0.29) is 18.2 Å².